The van der Waals surface area contributed by atoms with Crippen LogP contribution in [0.1, 0.15) is 36.8 Å². The van der Waals surface area contributed by atoms with E-state index in [4.69, 9.17) is 5.73 Å². The molecule has 2 heteroatoms. The Hall–Kier alpha value is -1.80. The van der Waals surface area contributed by atoms with Crippen LogP contribution < -0.4 is 10.6 Å². The lowest BCUT2D eigenvalue weighted by Crippen LogP contribution is -2.51. The van der Waals surface area contributed by atoms with Gasteiger partial charge < -0.3 is 10.6 Å². The third-order valence-electron chi connectivity index (χ3n) is 5.38. The molecule has 2 heterocycles. The minimum absolute atomic E-state index is 0.337. The van der Waals surface area contributed by atoms with Gasteiger partial charge in [0.15, 0.2) is 0 Å². The Morgan fingerprint density at radius 2 is 1.59 bits per heavy atom. The van der Waals surface area contributed by atoms with Gasteiger partial charge in [0, 0.05) is 23.8 Å². The van der Waals surface area contributed by atoms with E-state index in [9.17, 15) is 0 Å². The second-order valence-corrected chi connectivity index (χ2v) is 6.74. The molecule has 4 rings (SSSR count). The highest BCUT2D eigenvalue weighted by atomic mass is 15.2. The number of benzene rings is 2. The minimum atomic E-state index is 0.337. The molecule has 114 valence electrons. The Balaban J connectivity index is 1.68. The molecule has 2 aliphatic rings. The van der Waals surface area contributed by atoms with Gasteiger partial charge in [-0.05, 0) is 49.3 Å². The highest BCUT2D eigenvalue weighted by molar-refractivity contribution is 5.58. The predicted molar refractivity (Wildman–Crippen MR) is 92.2 cm³/mol. The van der Waals surface area contributed by atoms with Gasteiger partial charge in [-0.15, -0.1) is 0 Å². The van der Waals surface area contributed by atoms with Crippen molar-refractivity contribution in [3.05, 3.63) is 65.7 Å². The predicted octanol–water partition coefficient (Wildman–Crippen LogP) is 3.74. The van der Waals surface area contributed by atoms with E-state index in [0.717, 1.165) is 6.42 Å². The molecule has 2 N–H and O–H groups in total. The lowest BCUT2D eigenvalue weighted by atomic mass is 9.95. The number of anilines is 1. The lowest BCUT2D eigenvalue weighted by molar-refractivity contribution is 0.411. The van der Waals surface area contributed by atoms with Crippen LogP contribution >= 0.6 is 0 Å². The molecule has 0 aromatic heterocycles. The molecule has 0 radical (unpaired) electrons. The second-order valence-electron chi connectivity index (χ2n) is 6.74. The highest BCUT2D eigenvalue weighted by Gasteiger charge is 2.41. The number of nitrogens with zero attached hydrogens (tertiary/aromatic N) is 1. The van der Waals surface area contributed by atoms with E-state index in [1.807, 2.05) is 0 Å². The third-order valence-corrected chi connectivity index (χ3v) is 5.38. The van der Waals surface area contributed by atoms with Crippen molar-refractivity contribution >= 4 is 5.69 Å². The molecule has 0 saturated carbocycles. The van der Waals surface area contributed by atoms with Gasteiger partial charge in [-0.2, -0.15) is 0 Å². The van der Waals surface area contributed by atoms with E-state index in [1.54, 1.807) is 0 Å². The Bertz CT molecular complexity index is 637. The fourth-order valence-electron chi connectivity index (χ4n) is 4.30. The molecule has 0 amide bonds. The summed E-state index contributed by atoms with van der Waals surface area (Å²) in [6.07, 6.45) is 6.00. The van der Waals surface area contributed by atoms with Crippen LogP contribution in [0, 0.1) is 0 Å². The first kappa shape index (κ1) is 13.8. The molecule has 2 aromatic carbocycles. The van der Waals surface area contributed by atoms with Crippen LogP contribution in [0.4, 0.5) is 5.69 Å². The smallest absolute Gasteiger partial charge is 0.0445 e. The Morgan fingerprint density at radius 1 is 0.864 bits per heavy atom. The molecule has 22 heavy (non-hydrogen) atoms. The standard InChI is InChI=1S/C20H24N2/c21-18-12-10-17-11-13-20(18)22(17)19-9-5-4-8-16(19)14-15-6-2-1-3-7-15/h1-9,17-18,20H,10-14,21H2. The van der Waals surface area contributed by atoms with Gasteiger partial charge in [0.25, 0.3) is 0 Å². The van der Waals surface area contributed by atoms with Crippen LogP contribution in [0.3, 0.4) is 0 Å². The van der Waals surface area contributed by atoms with Gasteiger partial charge in [0.2, 0.25) is 0 Å². The largest absolute Gasteiger partial charge is 0.364 e. The van der Waals surface area contributed by atoms with Gasteiger partial charge in [-0.25, -0.2) is 0 Å². The number of para-hydroxylation sites is 1. The zero-order valence-electron chi connectivity index (χ0n) is 13.0. The summed E-state index contributed by atoms with van der Waals surface area (Å²) in [4.78, 5) is 2.65. The zero-order valence-corrected chi connectivity index (χ0v) is 13.0. The highest BCUT2D eigenvalue weighted by Crippen LogP contribution is 2.40. The number of rotatable bonds is 3. The molecule has 2 aromatic rings. The quantitative estimate of drug-likeness (QED) is 0.934. The monoisotopic (exact) mass is 292 g/mol. The number of hydrogen-bond acceptors (Lipinski definition) is 2. The van der Waals surface area contributed by atoms with Gasteiger partial charge in [0.1, 0.15) is 0 Å². The van der Waals surface area contributed by atoms with Gasteiger partial charge >= 0.3 is 0 Å². The van der Waals surface area contributed by atoms with Crippen LogP contribution in [0.15, 0.2) is 54.6 Å². The maximum atomic E-state index is 6.40. The topological polar surface area (TPSA) is 29.3 Å². The lowest BCUT2D eigenvalue weighted by Gasteiger charge is -2.41. The minimum Gasteiger partial charge on any atom is -0.364 e. The fourth-order valence-corrected chi connectivity index (χ4v) is 4.30. The van der Waals surface area contributed by atoms with E-state index >= 15 is 0 Å². The molecule has 2 fully saturated rings. The summed E-state index contributed by atoms with van der Waals surface area (Å²) in [6.45, 7) is 0. The van der Waals surface area contributed by atoms with Crippen molar-refractivity contribution in [2.24, 2.45) is 5.73 Å². The molecule has 2 saturated heterocycles. The molecule has 2 aliphatic heterocycles. The summed E-state index contributed by atoms with van der Waals surface area (Å²) in [5, 5.41) is 0. The summed E-state index contributed by atoms with van der Waals surface area (Å²) < 4.78 is 0. The van der Waals surface area contributed by atoms with Crippen molar-refractivity contribution in [1.29, 1.82) is 0 Å². The molecular formula is C20H24N2. The summed E-state index contributed by atoms with van der Waals surface area (Å²) in [6, 6.07) is 21.2. The second kappa shape index (κ2) is 5.77. The molecule has 3 atom stereocenters. The summed E-state index contributed by atoms with van der Waals surface area (Å²) in [5.41, 5.74) is 10.6. The molecular weight excluding hydrogens is 268 g/mol. The van der Waals surface area contributed by atoms with Crippen molar-refractivity contribution in [3.8, 4) is 0 Å². The number of fused-ring (bicyclic) bond motifs is 2. The fraction of sp³-hybridized carbons (Fsp3) is 0.400. The number of hydrogen-bond donors (Lipinski definition) is 1. The van der Waals surface area contributed by atoms with E-state index in [0.29, 0.717) is 18.1 Å². The maximum Gasteiger partial charge on any atom is 0.0445 e. The Labute approximate surface area is 132 Å². The first-order valence-electron chi connectivity index (χ1n) is 8.48. The first-order chi connectivity index (χ1) is 10.8. The van der Waals surface area contributed by atoms with E-state index < -0.39 is 0 Å². The molecule has 0 aliphatic carbocycles. The van der Waals surface area contributed by atoms with Crippen LogP contribution in [0.2, 0.25) is 0 Å². The van der Waals surface area contributed by atoms with Crippen molar-refractivity contribution in [1.82, 2.24) is 0 Å². The molecule has 2 nitrogen and oxygen atoms in total. The van der Waals surface area contributed by atoms with E-state index in [1.165, 1.54) is 42.5 Å². The van der Waals surface area contributed by atoms with E-state index in [-0.39, 0.29) is 0 Å². The Morgan fingerprint density at radius 3 is 2.45 bits per heavy atom. The van der Waals surface area contributed by atoms with Crippen LogP contribution in [-0.4, -0.2) is 18.1 Å². The summed E-state index contributed by atoms with van der Waals surface area (Å²) in [7, 11) is 0. The number of piperidine rings is 1. The summed E-state index contributed by atoms with van der Waals surface area (Å²) in [5.74, 6) is 0. The van der Waals surface area contributed by atoms with Gasteiger partial charge in [0.05, 0.1) is 0 Å². The van der Waals surface area contributed by atoms with Gasteiger partial charge in [-0.3, -0.25) is 0 Å². The molecule has 0 spiro atoms. The first-order valence-corrected chi connectivity index (χ1v) is 8.48. The normalized spacial score (nSPS) is 27.1. The van der Waals surface area contributed by atoms with Crippen LogP contribution in [-0.2, 0) is 6.42 Å². The van der Waals surface area contributed by atoms with Crippen molar-refractivity contribution < 1.29 is 0 Å². The van der Waals surface area contributed by atoms with Gasteiger partial charge in [-0.1, -0.05) is 48.5 Å². The van der Waals surface area contributed by atoms with Crippen molar-refractivity contribution in [2.45, 2.75) is 50.2 Å². The van der Waals surface area contributed by atoms with Crippen LogP contribution in [0.25, 0.3) is 0 Å². The Kier molecular flexibility index (Phi) is 3.63. The summed E-state index contributed by atoms with van der Waals surface area (Å²) >= 11 is 0. The molecule has 3 unspecified atom stereocenters. The van der Waals surface area contributed by atoms with Crippen LogP contribution in [0.5, 0.6) is 0 Å². The number of nitrogens with two attached hydrogens (primary N) is 1. The SMILES string of the molecule is NC1CCC2CCC1N2c1ccccc1Cc1ccccc1. The average Bonchev–Trinajstić information content (AvgIpc) is 2.89. The third kappa shape index (κ3) is 2.42. The van der Waals surface area contributed by atoms with Crippen molar-refractivity contribution in [3.63, 3.8) is 0 Å². The van der Waals surface area contributed by atoms with E-state index in [2.05, 4.69) is 59.5 Å². The average molecular weight is 292 g/mol. The maximum absolute atomic E-state index is 6.40. The molecule has 2 bridgehead atoms. The zero-order chi connectivity index (χ0) is 14.9. The van der Waals surface area contributed by atoms with Crippen molar-refractivity contribution in [2.75, 3.05) is 4.90 Å².